The van der Waals surface area contributed by atoms with Crippen LogP contribution in [0.25, 0.3) is 0 Å². The first kappa shape index (κ1) is 38.7. The lowest BCUT2D eigenvalue weighted by Gasteiger charge is -2.30. The van der Waals surface area contributed by atoms with Gasteiger partial charge in [0, 0.05) is 37.1 Å². The predicted molar refractivity (Wildman–Crippen MR) is 149 cm³/mol. The first-order chi connectivity index (χ1) is 20.3. The molecule has 0 aliphatic heterocycles. The zero-order valence-corrected chi connectivity index (χ0v) is 24.3. The summed E-state index contributed by atoms with van der Waals surface area (Å²) in [5.74, 6) is -4.96. The summed E-state index contributed by atoms with van der Waals surface area (Å²) in [6.45, 7) is 10.7. The molecule has 0 amide bonds. The molecule has 0 aliphatic carbocycles. The summed E-state index contributed by atoms with van der Waals surface area (Å²) in [6.07, 6.45) is 3.51. The van der Waals surface area contributed by atoms with Gasteiger partial charge in [0.15, 0.2) is 0 Å². The molecule has 0 saturated carbocycles. The van der Waals surface area contributed by atoms with Crippen molar-refractivity contribution in [3.63, 3.8) is 0 Å². The number of esters is 6. The van der Waals surface area contributed by atoms with Crippen LogP contribution in [0, 0.1) is 16.7 Å². The van der Waals surface area contributed by atoms with Gasteiger partial charge >= 0.3 is 35.8 Å². The molecule has 2 N–H and O–H groups in total. The largest absolute Gasteiger partial charge is 0.465 e. The standard InChI is InChI=1S/C29H40O14/c1-6-22(32)38-15-28(13-30,16-39-23(33)7-2)19-42-26(36)11-10-21(5)12-27(37)43-20-29(14-31,17-40-24(34)8-3)18-41-25(35)9-4/h6-9,21,30-31H,1-4,10-20H2,5H3. The van der Waals surface area contributed by atoms with Crippen LogP contribution >= 0.6 is 0 Å². The zero-order valence-electron chi connectivity index (χ0n) is 24.3. The van der Waals surface area contributed by atoms with E-state index in [9.17, 15) is 39.0 Å². The summed E-state index contributed by atoms with van der Waals surface area (Å²) in [6, 6.07) is 0. The fraction of sp³-hybridized carbons (Fsp3) is 0.517. The lowest BCUT2D eigenvalue weighted by atomic mass is 9.92. The molecule has 0 spiro atoms. The highest BCUT2D eigenvalue weighted by molar-refractivity contribution is 5.82. The van der Waals surface area contributed by atoms with E-state index < -0.39 is 99.5 Å². The third-order valence-electron chi connectivity index (χ3n) is 5.86. The first-order valence-corrected chi connectivity index (χ1v) is 13.0. The summed E-state index contributed by atoms with van der Waals surface area (Å²) >= 11 is 0. The lowest BCUT2D eigenvalue weighted by Crippen LogP contribution is -2.42. The minimum Gasteiger partial charge on any atom is -0.465 e. The highest BCUT2D eigenvalue weighted by Gasteiger charge is 2.36. The minimum atomic E-state index is -1.45. The fourth-order valence-corrected chi connectivity index (χ4v) is 3.01. The number of aliphatic hydroxyl groups excluding tert-OH is 2. The Morgan fingerprint density at radius 3 is 1.19 bits per heavy atom. The van der Waals surface area contributed by atoms with Gasteiger partial charge in [-0.25, -0.2) is 19.2 Å². The molecule has 14 nitrogen and oxygen atoms in total. The van der Waals surface area contributed by atoms with E-state index in [1.807, 2.05) is 0 Å². The van der Waals surface area contributed by atoms with E-state index in [1.165, 1.54) is 0 Å². The number of hydrogen-bond acceptors (Lipinski definition) is 14. The van der Waals surface area contributed by atoms with Crippen LogP contribution in [0.4, 0.5) is 0 Å². The Hall–Kier alpha value is -4.30. The molecule has 0 heterocycles. The van der Waals surface area contributed by atoms with Gasteiger partial charge in [-0.05, 0) is 12.3 Å². The van der Waals surface area contributed by atoms with Crippen molar-refractivity contribution in [2.45, 2.75) is 26.2 Å². The second-order valence-corrected chi connectivity index (χ2v) is 9.73. The summed E-state index contributed by atoms with van der Waals surface area (Å²) in [5, 5.41) is 19.8. The summed E-state index contributed by atoms with van der Waals surface area (Å²) in [4.78, 5) is 70.8. The molecule has 240 valence electrons. The SMILES string of the molecule is C=CC(=O)OCC(CO)(COC(=O)C=C)COC(=O)CCC(C)CC(=O)OCC(CO)(COC(=O)C=C)COC(=O)C=C. The van der Waals surface area contributed by atoms with Crippen LogP contribution in [-0.2, 0) is 57.2 Å². The van der Waals surface area contributed by atoms with Crippen molar-refractivity contribution in [1.82, 2.24) is 0 Å². The second kappa shape index (κ2) is 20.6. The Bertz CT molecular complexity index is 967. The van der Waals surface area contributed by atoms with E-state index >= 15 is 0 Å². The van der Waals surface area contributed by atoms with Crippen molar-refractivity contribution >= 4 is 35.8 Å². The van der Waals surface area contributed by atoms with Gasteiger partial charge < -0.3 is 38.6 Å². The van der Waals surface area contributed by atoms with E-state index in [4.69, 9.17) is 28.4 Å². The number of aliphatic hydroxyl groups is 2. The van der Waals surface area contributed by atoms with Gasteiger partial charge in [-0.3, -0.25) is 9.59 Å². The van der Waals surface area contributed by atoms with Crippen molar-refractivity contribution in [1.29, 1.82) is 0 Å². The van der Waals surface area contributed by atoms with Gasteiger partial charge in [0.05, 0.1) is 24.0 Å². The van der Waals surface area contributed by atoms with Crippen LogP contribution in [0.1, 0.15) is 26.2 Å². The summed E-state index contributed by atoms with van der Waals surface area (Å²) < 4.78 is 30.3. The van der Waals surface area contributed by atoms with Crippen molar-refractivity contribution in [3.8, 4) is 0 Å². The Kier molecular flexibility index (Phi) is 18.5. The van der Waals surface area contributed by atoms with E-state index in [0.29, 0.717) is 0 Å². The highest BCUT2D eigenvalue weighted by Crippen LogP contribution is 2.22. The molecule has 0 saturated heterocycles. The third kappa shape index (κ3) is 16.1. The van der Waals surface area contributed by atoms with E-state index in [0.717, 1.165) is 24.3 Å². The molecule has 0 rings (SSSR count). The third-order valence-corrected chi connectivity index (χ3v) is 5.86. The summed E-state index contributed by atoms with van der Waals surface area (Å²) in [5.41, 5.74) is -2.89. The van der Waals surface area contributed by atoms with Crippen molar-refractivity contribution in [2.24, 2.45) is 16.7 Å². The lowest BCUT2D eigenvalue weighted by molar-refractivity contribution is -0.165. The zero-order chi connectivity index (χ0) is 32.9. The molecule has 0 aromatic heterocycles. The maximum atomic E-state index is 12.5. The molecular weight excluding hydrogens is 572 g/mol. The number of hydrogen-bond donors (Lipinski definition) is 2. The molecule has 14 heteroatoms. The maximum Gasteiger partial charge on any atom is 0.330 e. The van der Waals surface area contributed by atoms with Crippen LogP contribution < -0.4 is 0 Å². The quantitative estimate of drug-likeness (QED) is 0.0931. The smallest absolute Gasteiger partial charge is 0.330 e. The van der Waals surface area contributed by atoms with Crippen LogP contribution in [0.2, 0.25) is 0 Å². The summed E-state index contributed by atoms with van der Waals surface area (Å²) in [7, 11) is 0. The Morgan fingerprint density at radius 2 is 0.884 bits per heavy atom. The van der Waals surface area contributed by atoms with E-state index in [1.54, 1.807) is 6.92 Å². The molecule has 0 aromatic rings. The first-order valence-electron chi connectivity index (χ1n) is 13.0. The van der Waals surface area contributed by atoms with Gasteiger partial charge in [0.1, 0.15) is 39.6 Å². The Morgan fingerprint density at radius 1 is 0.581 bits per heavy atom. The number of rotatable bonds is 23. The molecule has 0 fully saturated rings. The average Bonchev–Trinajstić information content (AvgIpc) is 3.02. The molecular formula is C29H40O14. The van der Waals surface area contributed by atoms with Crippen molar-refractivity contribution in [3.05, 3.63) is 50.6 Å². The minimum absolute atomic E-state index is 0.134. The van der Waals surface area contributed by atoms with Crippen LogP contribution in [-0.4, -0.2) is 98.9 Å². The number of ether oxygens (including phenoxy) is 6. The average molecular weight is 613 g/mol. The van der Waals surface area contributed by atoms with Gasteiger partial charge in [-0.1, -0.05) is 33.2 Å². The predicted octanol–water partition coefficient (Wildman–Crippen LogP) is 0.753. The van der Waals surface area contributed by atoms with E-state index in [-0.39, 0.29) is 25.2 Å². The van der Waals surface area contributed by atoms with Crippen molar-refractivity contribution < 1.29 is 67.4 Å². The Balaban J connectivity index is 5.04. The fourth-order valence-electron chi connectivity index (χ4n) is 3.01. The van der Waals surface area contributed by atoms with Crippen LogP contribution in [0.3, 0.4) is 0 Å². The molecule has 0 bridgehead atoms. The molecule has 43 heavy (non-hydrogen) atoms. The van der Waals surface area contributed by atoms with E-state index in [2.05, 4.69) is 26.3 Å². The molecule has 1 unspecified atom stereocenters. The topological polar surface area (TPSA) is 198 Å². The highest BCUT2D eigenvalue weighted by atomic mass is 16.6. The molecule has 1 atom stereocenters. The normalized spacial score (nSPS) is 11.6. The van der Waals surface area contributed by atoms with Gasteiger partial charge in [-0.15, -0.1) is 0 Å². The second-order valence-electron chi connectivity index (χ2n) is 9.73. The van der Waals surface area contributed by atoms with Crippen LogP contribution in [0.15, 0.2) is 50.6 Å². The van der Waals surface area contributed by atoms with Crippen molar-refractivity contribution in [2.75, 3.05) is 52.9 Å². The maximum absolute atomic E-state index is 12.5. The molecule has 0 aromatic carbocycles. The van der Waals surface area contributed by atoms with Crippen LogP contribution in [0.5, 0.6) is 0 Å². The van der Waals surface area contributed by atoms with Gasteiger partial charge in [-0.2, -0.15) is 0 Å². The van der Waals surface area contributed by atoms with Gasteiger partial charge in [0.2, 0.25) is 0 Å². The molecule has 0 radical (unpaired) electrons. The Labute approximate surface area is 249 Å². The number of carbonyl (C=O) groups is 6. The molecule has 0 aliphatic rings. The van der Waals surface area contributed by atoms with Gasteiger partial charge in [0.25, 0.3) is 0 Å². The monoisotopic (exact) mass is 612 g/mol. The number of carbonyl (C=O) groups excluding carboxylic acids is 6.